The molecule has 0 aliphatic heterocycles. The number of rotatable bonds is 8. The topological polar surface area (TPSA) is 115 Å². The minimum absolute atomic E-state index is 0.0947. The Kier molecular flexibility index (Phi) is 6.68. The molecule has 0 atom stereocenters. The van der Waals surface area contributed by atoms with Crippen molar-refractivity contribution in [3.8, 4) is 0 Å². The summed E-state index contributed by atoms with van der Waals surface area (Å²) in [5.74, 6) is -0.0947. The van der Waals surface area contributed by atoms with E-state index in [0.717, 1.165) is 16.9 Å². The minimum Gasteiger partial charge on any atom is -0.370 e. The van der Waals surface area contributed by atoms with Crippen LogP contribution >= 0.6 is 34.3 Å². The molecule has 148 valence electrons. The lowest BCUT2D eigenvalue weighted by atomic mass is 10.1. The number of sulfonamides is 1. The van der Waals surface area contributed by atoms with Gasteiger partial charge in [0.05, 0.1) is 16.6 Å². The summed E-state index contributed by atoms with van der Waals surface area (Å²) in [6.07, 6.45) is 0.573. The van der Waals surface area contributed by atoms with Crippen LogP contribution in [0, 0.1) is 0 Å². The number of hydrogen-bond acceptors (Lipinski definition) is 6. The molecular formula is C17H18ClN5O2S3. The predicted molar refractivity (Wildman–Crippen MR) is 115 cm³/mol. The standard InChI is InChI=1S/C17H18ClN5O2S3/c18-14-6-7-15(27-14)28(24,25)23(9-8-12-4-2-1-3-5-12)10-13-11-26-17(21-13)22-16(19)20/h1-7,11H,8-10H2,(H4,19,20,21,22). The fourth-order valence-corrected chi connectivity index (χ4v) is 6.20. The van der Waals surface area contributed by atoms with Gasteiger partial charge in [-0.3, -0.25) is 0 Å². The number of aromatic nitrogens is 1. The molecule has 0 saturated carbocycles. The van der Waals surface area contributed by atoms with Gasteiger partial charge in [-0.25, -0.2) is 13.4 Å². The number of nitrogens with zero attached hydrogens (tertiary/aromatic N) is 3. The molecule has 0 saturated heterocycles. The van der Waals surface area contributed by atoms with E-state index in [0.29, 0.717) is 28.1 Å². The second-order valence-corrected chi connectivity index (χ2v) is 10.5. The molecule has 11 heteroatoms. The number of thiazole rings is 1. The molecule has 7 nitrogen and oxygen atoms in total. The van der Waals surface area contributed by atoms with E-state index >= 15 is 0 Å². The number of nitrogens with two attached hydrogens (primary N) is 2. The lowest BCUT2D eigenvalue weighted by Gasteiger charge is -2.20. The van der Waals surface area contributed by atoms with Crippen molar-refractivity contribution in [1.29, 1.82) is 0 Å². The van der Waals surface area contributed by atoms with Gasteiger partial charge in [0.25, 0.3) is 10.0 Å². The largest absolute Gasteiger partial charge is 0.370 e. The summed E-state index contributed by atoms with van der Waals surface area (Å²) in [4.78, 5) is 8.20. The molecule has 0 bridgehead atoms. The van der Waals surface area contributed by atoms with Crippen molar-refractivity contribution in [1.82, 2.24) is 9.29 Å². The van der Waals surface area contributed by atoms with E-state index in [1.807, 2.05) is 30.3 Å². The van der Waals surface area contributed by atoms with Gasteiger partial charge in [0, 0.05) is 11.9 Å². The monoisotopic (exact) mass is 455 g/mol. The van der Waals surface area contributed by atoms with Gasteiger partial charge in [-0.1, -0.05) is 41.9 Å². The summed E-state index contributed by atoms with van der Waals surface area (Å²) >= 11 is 8.22. The molecule has 0 spiro atoms. The first kappa shape index (κ1) is 20.7. The maximum absolute atomic E-state index is 13.1. The first-order chi connectivity index (χ1) is 13.3. The van der Waals surface area contributed by atoms with Gasteiger partial charge in [0.15, 0.2) is 5.96 Å². The molecule has 28 heavy (non-hydrogen) atoms. The van der Waals surface area contributed by atoms with E-state index in [1.54, 1.807) is 11.4 Å². The molecule has 3 rings (SSSR count). The summed E-state index contributed by atoms with van der Waals surface area (Å²) in [7, 11) is -3.72. The molecule has 3 aromatic rings. The number of guanidine groups is 1. The fraction of sp³-hybridized carbons (Fsp3) is 0.176. The zero-order valence-electron chi connectivity index (χ0n) is 14.7. The molecule has 0 fully saturated rings. The number of benzene rings is 1. The smallest absolute Gasteiger partial charge is 0.252 e. The summed E-state index contributed by atoms with van der Waals surface area (Å²) in [5.41, 5.74) is 12.4. The van der Waals surface area contributed by atoms with Gasteiger partial charge in [-0.2, -0.15) is 9.30 Å². The van der Waals surface area contributed by atoms with Crippen molar-refractivity contribution in [2.45, 2.75) is 17.2 Å². The van der Waals surface area contributed by atoms with Crippen molar-refractivity contribution < 1.29 is 8.42 Å². The van der Waals surface area contributed by atoms with Crippen LogP contribution in [0.2, 0.25) is 4.34 Å². The molecule has 0 unspecified atom stereocenters. The van der Waals surface area contributed by atoms with E-state index in [9.17, 15) is 8.42 Å². The third-order valence-electron chi connectivity index (χ3n) is 3.74. The molecule has 0 amide bonds. The highest BCUT2D eigenvalue weighted by Crippen LogP contribution is 2.29. The molecule has 4 N–H and O–H groups in total. The maximum Gasteiger partial charge on any atom is 0.252 e. The van der Waals surface area contributed by atoms with Gasteiger partial charge in [0.1, 0.15) is 4.21 Å². The average molecular weight is 456 g/mol. The van der Waals surface area contributed by atoms with Crippen molar-refractivity contribution >= 4 is 55.4 Å². The summed E-state index contributed by atoms with van der Waals surface area (Å²) < 4.78 is 28.3. The lowest BCUT2D eigenvalue weighted by molar-refractivity contribution is 0.407. The SMILES string of the molecule is NC(N)=Nc1nc(CN(CCc2ccccc2)S(=O)(=O)c2ccc(Cl)s2)cs1. The van der Waals surface area contributed by atoms with Gasteiger partial charge in [-0.15, -0.1) is 22.7 Å². The van der Waals surface area contributed by atoms with E-state index in [-0.39, 0.29) is 16.7 Å². The zero-order valence-corrected chi connectivity index (χ0v) is 17.9. The van der Waals surface area contributed by atoms with Crippen LogP contribution in [0.15, 0.2) is 57.0 Å². The Morgan fingerprint density at radius 1 is 1.18 bits per heavy atom. The van der Waals surface area contributed by atoms with Crippen LogP contribution in [-0.2, 0) is 23.0 Å². The molecule has 2 heterocycles. The Labute approximate surface area is 176 Å². The second-order valence-electron chi connectivity index (χ2n) is 5.79. The van der Waals surface area contributed by atoms with Crippen LogP contribution in [0.5, 0.6) is 0 Å². The van der Waals surface area contributed by atoms with Gasteiger partial charge in [0.2, 0.25) is 5.13 Å². The zero-order chi connectivity index (χ0) is 20.1. The van der Waals surface area contributed by atoms with Gasteiger partial charge in [-0.05, 0) is 24.1 Å². The van der Waals surface area contributed by atoms with Crippen LogP contribution < -0.4 is 11.5 Å². The fourth-order valence-electron chi connectivity index (χ4n) is 2.46. The van der Waals surface area contributed by atoms with Crippen LogP contribution in [-0.4, -0.2) is 30.2 Å². The van der Waals surface area contributed by atoms with Crippen molar-refractivity contribution in [2.75, 3.05) is 6.54 Å². The number of aliphatic imine (C=N–C) groups is 1. The molecule has 1 aromatic carbocycles. The van der Waals surface area contributed by atoms with E-state index in [4.69, 9.17) is 23.1 Å². The van der Waals surface area contributed by atoms with Crippen molar-refractivity contribution in [2.24, 2.45) is 16.5 Å². The highest BCUT2D eigenvalue weighted by atomic mass is 35.5. The molecule has 0 aliphatic carbocycles. The Hall–Kier alpha value is -1.98. The number of halogens is 1. The molecular weight excluding hydrogens is 438 g/mol. The Morgan fingerprint density at radius 3 is 2.57 bits per heavy atom. The van der Waals surface area contributed by atoms with Gasteiger partial charge >= 0.3 is 0 Å². The third kappa shape index (κ3) is 5.30. The normalized spacial score (nSPS) is 11.6. The first-order valence-electron chi connectivity index (χ1n) is 8.18. The highest BCUT2D eigenvalue weighted by molar-refractivity contribution is 7.91. The van der Waals surface area contributed by atoms with Crippen LogP contribution in [0.25, 0.3) is 0 Å². The Bertz CT molecular complexity index is 1060. The summed E-state index contributed by atoms with van der Waals surface area (Å²) in [5, 5.41) is 2.13. The number of thiophene rings is 1. The van der Waals surface area contributed by atoms with Crippen LogP contribution in [0.1, 0.15) is 11.3 Å². The van der Waals surface area contributed by atoms with Gasteiger partial charge < -0.3 is 11.5 Å². The van der Waals surface area contributed by atoms with E-state index in [1.165, 1.54) is 21.7 Å². The maximum atomic E-state index is 13.1. The summed E-state index contributed by atoms with van der Waals surface area (Å²) in [6, 6.07) is 12.8. The third-order valence-corrected chi connectivity index (χ3v) is 8.07. The van der Waals surface area contributed by atoms with E-state index < -0.39 is 10.0 Å². The van der Waals surface area contributed by atoms with Crippen LogP contribution in [0.4, 0.5) is 5.13 Å². The summed E-state index contributed by atoms with van der Waals surface area (Å²) in [6.45, 7) is 0.415. The molecule has 0 radical (unpaired) electrons. The lowest BCUT2D eigenvalue weighted by Crippen LogP contribution is -2.32. The van der Waals surface area contributed by atoms with Crippen molar-refractivity contribution in [3.63, 3.8) is 0 Å². The van der Waals surface area contributed by atoms with E-state index in [2.05, 4.69) is 9.98 Å². The molecule has 0 aliphatic rings. The van der Waals surface area contributed by atoms with Crippen molar-refractivity contribution in [3.05, 3.63) is 63.4 Å². The predicted octanol–water partition coefficient (Wildman–Crippen LogP) is 3.20. The highest BCUT2D eigenvalue weighted by Gasteiger charge is 2.27. The quantitative estimate of drug-likeness (QED) is 0.399. The minimum atomic E-state index is -3.72. The first-order valence-corrected chi connectivity index (χ1v) is 11.7. The Balaban J connectivity index is 1.85. The number of hydrogen-bond donors (Lipinski definition) is 2. The molecule has 2 aromatic heterocycles. The Morgan fingerprint density at radius 2 is 1.93 bits per heavy atom. The van der Waals surface area contributed by atoms with Crippen LogP contribution in [0.3, 0.4) is 0 Å². The average Bonchev–Trinajstić information content (AvgIpc) is 3.28. The second kappa shape index (κ2) is 9.01.